The Morgan fingerprint density at radius 3 is 1.12 bits per heavy atom. The predicted molar refractivity (Wildman–Crippen MR) is 173 cm³/mol. The van der Waals surface area contributed by atoms with E-state index in [1.54, 1.807) is 0 Å². The van der Waals surface area contributed by atoms with Crippen LogP contribution in [-0.2, 0) is 0 Å². The van der Waals surface area contributed by atoms with Crippen molar-refractivity contribution in [2.75, 3.05) is 52.5 Å². The zero-order valence-corrected chi connectivity index (χ0v) is 24.6. The molecule has 2 fully saturated rings. The molecule has 4 aromatic rings. The van der Waals surface area contributed by atoms with Crippen LogP contribution in [0.15, 0.2) is 109 Å². The normalized spacial score (nSPS) is 15.5. The number of hydrogen-bond donors (Lipinski definition) is 0. The number of hydrogen-bond acceptors (Lipinski definition) is 4. The lowest BCUT2D eigenvalue weighted by Crippen LogP contribution is -2.25. The Morgan fingerprint density at radius 1 is 0.429 bits per heavy atom. The minimum Gasteiger partial charge on any atom is -0.492 e. The van der Waals surface area contributed by atoms with Crippen LogP contribution in [0, 0.1) is 0 Å². The van der Waals surface area contributed by atoms with E-state index >= 15 is 0 Å². The predicted octanol–water partition coefficient (Wildman–Crippen LogP) is 7.64. The highest BCUT2D eigenvalue weighted by Gasteiger charge is 2.17. The second-order valence-corrected chi connectivity index (χ2v) is 11.3. The van der Waals surface area contributed by atoms with Crippen LogP contribution in [0.4, 0.5) is 0 Å². The second-order valence-electron chi connectivity index (χ2n) is 11.3. The SMILES string of the molecule is c1ccc(C(=C(c2ccc(OCCN3CCCC3)cc2)c2ccc(OCCN3CCCC3)cc2)c2ccccc2)cc1. The van der Waals surface area contributed by atoms with Gasteiger partial charge in [-0.3, -0.25) is 9.80 Å². The molecule has 4 heteroatoms. The van der Waals surface area contributed by atoms with Crippen LogP contribution in [0.2, 0.25) is 0 Å². The smallest absolute Gasteiger partial charge is 0.119 e. The van der Waals surface area contributed by atoms with Crippen molar-refractivity contribution in [3.05, 3.63) is 131 Å². The summed E-state index contributed by atoms with van der Waals surface area (Å²) in [5, 5.41) is 0. The lowest BCUT2D eigenvalue weighted by Gasteiger charge is -2.19. The molecule has 216 valence electrons. The Hall–Kier alpha value is -3.86. The van der Waals surface area contributed by atoms with Crippen molar-refractivity contribution in [3.8, 4) is 11.5 Å². The van der Waals surface area contributed by atoms with Gasteiger partial charge < -0.3 is 9.47 Å². The molecule has 4 nitrogen and oxygen atoms in total. The molecule has 0 spiro atoms. The largest absolute Gasteiger partial charge is 0.492 e. The van der Waals surface area contributed by atoms with Gasteiger partial charge >= 0.3 is 0 Å². The zero-order valence-electron chi connectivity index (χ0n) is 24.6. The van der Waals surface area contributed by atoms with Crippen LogP contribution in [0.5, 0.6) is 11.5 Å². The first-order valence-electron chi connectivity index (χ1n) is 15.6. The van der Waals surface area contributed by atoms with E-state index in [-0.39, 0.29) is 0 Å². The van der Waals surface area contributed by atoms with Crippen molar-refractivity contribution in [1.82, 2.24) is 9.80 Å². The van der Waals surface area contributed by atoms with Crippen molar-refractivity contribution in [1.29, 1.82) is 0 Å². The molecule has 0 N–H and O–H groups in total. The molecule has 0 amide bonds. The van der Waals surface area contributed by atoms with E-state index < -0.39 is 0 Å². The van der Waals surface area contributed by atoms with Gasteiger partial charge in [-0.05, 0) is 110 Å². The van der Waals surface area contributed by atoms with Crippen molar-refractivity contribution < 1.29 is 9.47 Å². The summed E-state index contributed by atoms with van der Waals surface area (Å²) in [5.74, 6) is 1.83. The Kier molecular flexibility index (Phi) is 9.66. The number of nitrogens with zero attached hydrogens (tertiary/aromatic N) is 2. The fraction of sp³-hybridized carbons (Fsp3) is 0.316. The van der Waals surface area contributed by atoms with E-state index in [0.29, 0.717) is 0 Å². The lowest BCUT2D eigenvalue weighted by molar-refractivity contribution is 0.237. The Morgan fingerprint density at radius 2 is 0.762 bits per heavy atom. The van der Waals surface area contributed by atoms with Crippen molar-refractivity contribution >= 4 is 11.1 Å². The quantitative estimate of drug-likeness (QED) is 0.167. The molecule has 0 atom stereocenters. The van der Waals surface area contributed by atoms with Crippen molar-refractivity contribution in [2.45, 2.75) is 25.7 Å². The maximum absolute atomic E-state index is 6.15. The van der Waals surface area contributed by atoms with Gasteiger partial charge in [0.25, 0.3) is 0 Å². The molecule has 2 aliphatic rings. The van der Waals surface area contributed by atoms with Gasteiger partial charge in [0, 0.05) is 13.1 Å². The monoisotopic (exact) mass is 558 g/mol. The third-order valence-electron chi connectivity index (χ3n) is 8.41. The van der Waals surface area contributed by atoms with Gasteiger partial charge in [-0.1, -0.05) is 84.9 Å². The van der Waals surface area contributed by atoms with Gasteiger partial charge in [0.2, 0.25) is 0 Å². The Bertz CT molecular complexity index is 1290. The molecule has 0 unspecified atom stereocenters. The maximum Gasteiger partial charge on any atom is 0.119 e. The average molecular weight is 559 g/mol. The Balaban J connectivity index is 1.30. The molecular formula is C38H42N2O2. The van der Waals surface area contributed by atoms with E-state index in [9.17, 15) is 0 Å². The molecule has 2 saturated heterocycles. The first kappa shape index (κ1) is 28.3. The summed E-state index contributed by atoms with van der Waals surface area (Å²) < 4.78 is 12.3. The number of benzene rings is 4. The summed E-state index contributed by atoms with van der Waals surface area (Å²) in [6, 6.07) is 38.7. The highest BCUT2D eigenvalue weighted by atomic mass is 16.5. The molecule has 0 aliphatic carbocycles. The van der Waals surface area contributed by atoms with Gasteiger partial charge in [-0.2, -0.15) is 0 Å². The average Bonchev–Trinajstić information content (AvgIpc) is 3.77. The first-order chi connectivity index (χ1) is 20.8. The topological polar surface area (TPSA) is 24.9 Å². The van der Waals surface area contributed by atoms with E-state index in [4.69, 9.17) is 9.47 Å². The molecule has 0 aromatic heterocycles. The maximum atomic E-state index is 6.15. The third-order valence-corrected chi connectivity index (χ3v) is 8.41. The summed E-state index contributed by atoms with van der Waals surface area (Å²) in [7, 11) is 0. The van der Waals surface area contributed by atoms with E-state index in [0.717, 1.165) is 48.9 Å². The van der Waals surface area contributed by atoms with Crippen LogP contribution >= 0.6 is 0 Å². The molecular weight excluding hydrogens is 516 g/mol. The van der Waals surface area contributed by atoms with Gasteiger partial charge in [0.1, 0.15) is 24.7 Å². The number of ether oxygens (including phenoxy) is 2. The van der Waals surface area contributed by atoms with Gasteiger partial charge in [-0.15, -0.1) is 0 Å². The fourth-order valence-electron chi connectivity index (χ4n) is 6.15. The highest BCUT2D eigenvalue weighted by molar-refractivity contribution is 6.04. The highest BCUT2D eigenvalue weighted by Crippen LogP contribution is 2.37. The molecule has 0 radical (unpaired) electrons. The summed E-state index contributed by atoms with van der Waals surface area (Å²) in [5.41, 5.74) is 7.10. The Labute approximate surface area is 251 Å². The third kappa shape index (κ3) is 7.31. The van der Waals surface area contributed by atoms with Crippen LogP contribution in [0.1, 0.15) is 47.9 Å². The minimum absolute atomic E-state index is 0.723. The van der Waals surface area contributed by atoms with Crippen LogP contribution < -0.4 is 9.47 Å². The van der Waals surface area contributed by atoms with E-state index in [1.807, 2.05) is 0 Å². The lowest BCUT2D eigenvalue weighted by atomic mass is 9.86. The molecule has 0 saturated carbocycles. The summed E-state index contributed by atoms with van der Waals surface area (Å²) in [6.07, 6.45) is 5.22. The molecule has 0 bridgehead atoms. The van der Waals surface area contributed by atoms with Crippen LogP contribution in [0.3, 0.4) is 0 Å². The van der Waals surface area contributed by atoms with E-state index in [2.05, 4.69) is 119 Å². The summed E-state index contributed by atoms with van der Waals surface area (Å²) >= 11 is 0. The van der Waals surface area contributed by atoms with Crippen LogP contribution in [-0.4, -0.2) is 62.3 Å². The number of rotatable bonds is 12. The fourth-order valence-corrected chi connectivity index (χ4v) is 6.15. The standard InChI is InChI=1S/C38H42N2O2/c1-3-11-31(12-4-1)37(32-13-5-2-6-14-32)38(33-15-19-35(20-16-33)41-29-27-39-23-7-8-24-39)34-17-21-36(22-18-34)42-30-28-40-25-9-10-26-40/h1-6,11-22H,7-10,23-30H2. The minimum atomic E-state index is 0.723. The van der Waals surface area contributed by atoms with E-state index in [1.165, 1.54) is 74.1 Å². The van der Waals surface area contributed by atoms with Gasteiger partial charge in [-0.25, -0.2) is 0 Å². The van der Waals surface area contributed by atoms with Crippen molar-refractivity contribution in [3.63, 3.8) is 0 Å². The number of likely N-dealkylation sites (tertiary alicyclic amines) is 2. The molecule has 2 heterocycles. The summed E-state index contributed by atoms with van der Waals surface area (Å²) in [6.45, 7) is 8.21. The molecule has 2 aliphatic heterocycles. The van der Waals surface area contributed by atoms with Gasteiger partial charge in [0.15, 0.2) is 0 Å². The van der Waals surface area contributed by atoms with Crippen LogP contribution in [0.25, 0.3) is 11.1 Å². The first-order valence-corrected chi connectivity index (χ1v) is 15.6. The molecule has 4 aromatic carbocycles. The zero-order chi connectivity index (χ0) is 28.4. The summed E-state index contributed by atoms with van der Waals surface area (Å²) in [4.78, 5) is 4.97. The second kappa shape index (κ2) is 14.4. The molecule has 6 rings (SSSR count). The van der Waals surface area contributed by atoms with Gasteiger partial charge in [0.05, 0.1) is 0 Å². The molecule has 42 heavy (non-hydrogen) atoms. The van der Waals surface area contributed by atoms with Crippen molar-refractivity contribution in [2.24, 2.45) is 0 Å².